The predicted molar refractivity (Wildman–Crippen MR) is 130 cm³/mol. The van der Waals surface area contributed by atoms with Gasteiger partial charge in [-0.1, -0.05) is 65.7 Å². The summed E-state index contributed by atoms with van der Waals surface area (Å²) in [4.78, 5) is 17.2. The molecule has 0 aliphatic rings. The van der Waals surface area contributed by atoms with E-state index in [0.717, 1.165) is 26.4 Å². The number of nitrogens with one attached hydrogen (secondary N) is 1. The normalized spacial score (nSPS) is 11.1. The lowest BCUT2D eigenvalue weighted by molar-refractivity contribution is 0.0924. The van der Waals surface area contributed by atoms with E-state index in [1.165, 1.54) is 0 Å². The summed E-state index contributed by atoms with van der Waals surface area (Å²) in [6.45, 7) is 0.382. The number of halogens is 2. The molecular weight excluding hydrogens is 463 g/mol. The van der Waals surface area contributed by atoms with Crippen molar-refractivity contribution in [2.24, 2.45) is 0 Å². The summed E-state index contributed by atoms with van der Waals surface area (Å²) in [5.41, 5.74) is 3.67. The van der Waals surface area contributed by atoms with E-state index in [9.17, 15) is 4.79 Å². The number of thiazole rings is 1. The Balaban J connectivity index is 1.25. The second-order valence-electron chi connectivity index (χ2n) is 7.13. The third kappa shape index (κ3) is 4.15. The van der Waals surface area contributed by atoms with Crippen molar-refractivity contribution in [1.29, 1.82) is 0 Å². The van der Waals surface area contributed by atoms with Crippen LogP contribution in [0.3, 0.4) is 0 Å². The van der Waals surface area contributed by atoms with Crippen LogP contribution in [0.2, 0.25) is 10.0 Å². The van der Waals surface area contributed by atoms with E-state index in [4.69, 9.17) is 27.6 Å². The molecule has 0 bridgehead atoms. The predicted octanol–water partition coefficient (Wildman–Crippen LogP) is 7.46. The van der Waals surface area contributed by atoms with Gasteiger partial charge in [-0.15, -0.1) is 11.3 Å². The van der Waals surface area contributed by atoms with Crippen LogP contribution >= 0.6 is 34.5 Å². The van der Waals surface area contributed by atoms with Gasteiger partial charge >= 0.3 is 0 Å². The summed E-state index contributed by atoms with van der Waals surface area (Å²) in [5, 5.41) is 4.68. The molecule has 0 saturated heterocycles. The number of para-hydroxylation sites is 1. The van der Waals surface area contributed by atoms with Gasteiger partial charge in [0, 0.05) is 17.7 Å². The van der Waals surface area contributed by atoms with Gasteiger partial charge < -0.3 is 9.73 Å². The topological polar surface area (TPSA) is 55.1 Å². The zero-order valence-corrected chi connectivity index (χ0v) is 19.0. The Morgan fingerprint density at radius 3 is 2.56 bits per heavy atom. The van der Waals surface area contributed by atoms with E-state index in [-0.39, 0.29) is 11.7 Å². The highest BCUT2D eigenvalue weighted by atomic mass is 35.5. The van der Waals surface area contributed by atoms with E-state index in [1.807, 2.05) is 42.5 Å². The summed E-state index contributed by atoms with van der Waals surface area (Å²) in [6, 6.07) is 24.7. The van der Waals surface area contributed by atoms with Gasteiger partial charge in [0.15, 0.2) is 5.76 Å². The molecule has 0 unspecified atom stereocenters. The fourth-order valence-electron chi connectivity index (χ4n) is 3.33. The van der Waals surface area contributed by atoms with E-state index >= 15 is 0 Å². The number of carbonyl (C=O) groups is 1. The minimum Gasteiger partial charge on any atom is -0.451 e. The monoisotopic (exact) mass is 478 g/mol. The first-order valence-corrected chi connectivity index (χ1v) is 11.4. The number of fused-ring (bicyclic) bond motifs is 1. The van der Waals surface area contributed by atoms with Gasteiger partial charge in [-0.3, -0.25) is 4.79 Å². The van der Waals surface area contributed by atoms with E-state index < -0.39 is 0 Å². The molecule has 2 heterocycles. The number of benzene rings is 3. The molecule has 0 atom stereocenters. The summed E-state index contributed by atoms with van der Waals surface area (Å²) in [5.74, 6) is 0.398. The Hall–Kier alpha value is -3.12. The molecule has 4 nitrogen and oxygen atoms in total. The number of nitrogens with zero attached hydrogens (tertiary/aromatic N) is 1. The zero-order chi connectivity index (χ0) is 22.1. The largest absolute Gasteiger partial charge is 0.451 e. The second kappa shape index (κ2) is 8.79. The quantitative estimate of drug-likeness (QED) is 0.285. The lowest BCUT2D eigenvalue weighted by atomic mass is 10.1. The van der Waals surface area contributed by atoms with Crippen molar-refractivity contribution in [2.75, 3.05) is 0 Å². The molecule has 1 amide bonds. The van der Waals surface area contributed by atoms with Crippen LogP contribution in [0.4, 0.5) is 0 Å². The van der Waals surface area contributed by atoms with Gasteiger partial charge in [-0.25, -0.2) is 4.98 Å². The highest BCUT2D eigenvalue weighted by molar-refractivity contribution is 7.21. The van der Waals surface area contributed by atoms with Crippen LogP contribution < -0.4 is 5.32 Å². The van der Waals surface area contributed by atoms with Gasteiger partial charge in [0.2, 0.25) is 0 Å². The second-order valence-corrected chi connectivity index (χ2v) is 8.95. The highest BCUT2D eigenvalue weighted by Crippen LogP contribution is 2.34. The summed E-state index contributed by atoms with van der Waals surface area (Å²) >= 11 is 14.0. The Kier molecular flexibility index (Phi) is 5.70. The third-order valence-corrected chi connectivity index (χ3v) is 6.90. The molecule has 0 saturated carbocycles. The van der Waals surface area contributed by atoms with Crippen LogP contribution in [0.5, 0.6) is 0 Å². The number of amides is 1. The molecule has 0 fully saturated rings. The summed E-state index contributed by atoms with van der Waals surface area (Å²) in [7, 11) is 0. The Bertz CT molecular complexity index is 1390. The number of hydrogen-bond acceptors (Lipinski definition) is 4. The van der Waals surface area contributed by atoms with E-state index in [2.05, 4.69) is 16.4 Å². The fourth-order valence-corrected chi connectivity index (χ4v) is 4.69. The van der Waals surface area contributed by atoms with Crippen molar-refractivity contribution in [2.45, 2.75) is 6.54 Å². The molecule has 0 spiro atoms. The Morgan fingerprint density at radius 2 is 1.75 bits per heavy atom. The minimum absolute atomic E-state index is 0.210. The number of rotatable bonds is 5. The van der Waals surface area contributed by atoms with Gasteiger partial charge in [-0.2, -0.15) is 0 Å². The fraction of sp³-hybridized carbons (Fsp3) is 0.0400. The van der Waals surface area contributed by atoms with Gasteiger partial charge in [0.25, 0.3) is 5.91 Å². The third-order valence-electron chi connectivity index (χ3n) is 4.99. The maximum Gasteiger partial charge on any atom is 0.287 e. The van der Waals surface area contributed by atoms with Gasteiger partial charge in [0.1, 0.15) is 10.8 Å². The molecule has 7 heteroatoms. The number of aromatic nitrogens is 1. The molecular formula is C25H16Cl2N2O2S. The van der Waals surface area contributed by atoms with Crippen molar-refractivity contribution in [3.63, 3.8) is 0 Å². The molecule has 32 heavy (non-hydrogen) atoms. The first-order valence-electron chi connectivity index (χ1n) is 9.86. The first kappa shape index (κ1) is 20.8. The molecule has 5 rings (SSSR count). The van der Waals surface area contributed by atoms with Crippen molar-refractivity contribution in [1.82, 2.24) is 10.3 Å². The average molecular weight is 479 g/mol. The maximum atomic E-state index is 12.5. The van der Waals surface area contributed by atoms with E-state index in [0.29, 0.717) is 27.9 Å². The molecule has 0 radical (unpaired) electrons. The van der Waals surface area contributed by atoms with Crippen LogP contribution in [-0.4, -0.2) is 10.9 Å². The number of furan rings is 1. The van der Waals surface area contributed by atoms with Crippen molar-refractivity contribution in [3.05, 3.63) is 100 Å². The Labute approximate surface area is 198 Å². The minimum atomic E-state index is -0.301. The molecule has 1 N–H and O–H groups in total. The lowest BCUT2D eigenvalue weighted by Crippen LogP contribution is -2.22. The van der Waals surface area contributed by atoms with Crippen LogP contribution in [-0.2, 0) is 6.54 Å². The van der Waals surface area contributed by atoms with Crippen molar-refractivity contribution < 1.29 is 9.21 Å². The zero-order valence-electron chi connectivity index (χ0n) is 16.6. The Morgan fingerprint density at radius 1 is 0.938 bits per heavy atom. The molecule has 3 aromatic carbocycles. The van der Waals surface area contributed by atoms with Crippen LogP contribution in [0.15, 0.2) is 83.3 Å². The van der Waals surface area contributed by atoms with Gasteiger partial charge in [0.05, 0.1) is 20.3 Å². The van der Waals surface area contributed by atoms with Crippen LogP contribution in [0.1, 0.15) is 16.1 Å². The molecule has 0 aliphatic carbocycles. The lowest BCUT2D eigenvalue weighted by Gasteiger charge is -2.05. The van der Waals surface area contributed by atoms with E-state index in [1.54, 1.807) is 41.7 Å². The van der Waals surface area contributed by atoms with Crippen LogP contribution in [0.25, 0.3) is 32.1 Å². The highest BCUT2D eigenvalue weighted by Gasteiger charge is 2.15. The summed E-state index contributed by atoms with van der Waals surface area (Å²) < 4.78 is 6.86. The molecule has 158 valence electrons. The average Bonchev–Trinajstić information content (AvgIpc) is 3.47. The first-order chi connectivity index (χ1) is 15.6. The standard InChI is InChI=1S/C25H16Cl2N2O2S/c26-18-5-3-4-17(23(18)27)20-12-13-21(31-20)24(30)28-14-15-8-10-16(11-9-15)25-29-19-6-1-2-7-22(19)32-25/h1-13H,14H2,(H,28,30). The number of carbonyl (C=O) groups excluding carboxylic acids is 1. The van der Waals surface area contributed by atoms with Gasteiger partial charge in [-0.05, 0) is 42.0 Å². The van der Waals surface area contributed by atoms with Crippen molar-refractivity contribution in [3.8, 4) is 21.9 Å². The maximum absolute atomic E-state index is 12.5. The SMILES string of the molecule is O=C(NCc1ccc(-c2nc3ccccc3s2)cc1)c1ccc(-c2cccc(Cl)c2Cl)o1. The smallest absolute Gasteiger partial charge is 0.287 e. The number of hydrogen-bond donors (Lipinski definition) is 1. The van der Waals surface area contributed by atoms with Crippen LogP contribution in [0, 0.1) is 0 Å². The van der Waals surface area contributed by atoms with Crippen molar-refractivity contribution >= 4 is 50.7 Å². The molecule has 5 aromatic rings. The molecule has 0 aliphatic heterocycles. The molecule has 2 aromatic heterocycles. The summed E-state index contributed by atoms with van der Waals surface area (Å²) in [6.07, 6.45) is 0.